The zero-order valence-electron chi connectivity index (χ0n) is 18.1. The molecule has 4 rings (SSSR count). The van der Waals surface area contributed by atoms with Gasteiger partial charge in [-0.25, -0.2) is 0 Å². The van der Waals surface area contributed by atoms with Crippen molar-refractivity contribution in [3.05, 3.63) is 94.1 Å². The Morgan fingerprint density at radius 3 is 2.45 bits per heavy atom. The summed E-state index contributed by atoms with van der Waals surface area (Å²) in [6.45, 7) is 2.03. The summed E-state index contributed by atoms with van der Waals surface area (Å²) in [5.74, 6) is 0.653. The lowest BCUT2D eigenvalue weighted by molar-refractivity contribution is -0.384. The van der Waals surface area contributed by atoms with Crippen LogP contribution in [0, 0.1) is 17.0 Å². The average Bonchev–Trinajstić information content (AvgIpc) is 3.39. The van der Waals surface area contributed by atoms with Crippen molar-refractivity contribution in [2.24, 2.45) is 7.05 Å². The molecule has 4 aromatic rings. The van der Waals surface area contributed by atoms with Gasteiger partial charge in [0.05, 0.1) is 10.7 Å². The van der Waals surface area contributed by atoms with E-state index in [1.165, 1.54) is 36.0 Å². The Balaban J connectivity index is 1.51. The van der Waals surface area contributed by atoms with E-state index in [1.54, 1.807) is 0 Å². The van der Waals surface area contributed by atoms with Gasteiger partial charge in [0.15, 0.2) is 5.16 Å². The molecule has 2 aromatic carbocycles. The third kappa shape index (κ3) is 5.29. The smallest absolute Gasteiger partial charge is 0.269 e. The standard InChI is InChI=1S/C23H22N6O3S/c1-16-5-9-18(10-6-16)28-21(14-20-4-3-13-27(20)2)25-26-23(28)33-15-22(30)24-17-7-11-19(12-8-17)29(31)32/h3-13H,14-15H2,1-2H3,(H,24,30). The number of aromatic nitrogens is 4. The molecule has 0 radical (unpaired) electrons. The van der Waals surface area contributed by atoms with Gasteiger partial charge in [0.2, 0.25) is 5.91 Å². The van der Waals surface area contributed by atoms with E-state index in [2.05, 4.69) is 15.5 Å². The van der Waals surface area contributed by atoms with E-state index >= 15 is 0 Å². The molecule has 168 valence electrons. The lowest BCUT2D eigenvalue weighted by atomic mass is 10.2. The van der Waals surface area contributed by atoms with E-state index in [0.29, 0.717) is 17.3 Å². The summed E-state index contributed by atoms with van der Waals surface area (Å²) < 4.78 is 4.01. The fourth-order valence-corrected chi connectivity index (χ4v) is 4.07. The van der Waals surface area contributed by atoms with Crippen LogP contribution in [0.1, 0.15) is 17.1 Å². The van der Waals surface area contributed by atoms with Crippen LogP contribution in [0.5, 0.6) is 0 Å². The number of thioether (sulfide) groups is 1. The minimum atomic E-state index is -0.480. The number of amides is 1. The zero-order chi connectivity index (χ0) is 23.4. The van der Waals surface area contributed by atoms with Crippen LogP contribution in [0.15, 0.2) is 72.0 Å². The van der Waals surface area contributed by atoms with Crippen LogP contribution in [-0.4, -0.2) is 35.9 Å². The van der Waals surface area contributed by atoms with Gasteiger partial charge in [0.1, 0.15) is 5.82 Å². The molecular formula is C23H22N6O3S. The Kier molecular flexibility index (Phi) is 6.55. The van der Waals surface area contributed by atoms with Crippen LogP contribution in [-0.2, 0) is 18.3 Å². The van der Waals surface area contributed by atoms with Crippen LogP contribution in [0.3, 0.4) is 0 Å². The Morgan fingerprint density at radius 2 is 1.82 bits per heavy atom. The number of non-ortho nitro benzene ring substituents is 1. The predicted octanol–water partition coefficient (Wildman–Crippen LogP) is 4.14. The maximum absolute atomic E-state index is 12.5. The summed E-state index contributed by atoms with van der Waals surface area (Å²) in [4.78, 5) is 22.8. The summed E-state index contributed by atoms with van der Waals surface area (Å²) in [6, 6.07) is 17.8. The molecule has 1 amide bonds. The van der Waals surface area contributed by atoms with Crippen molar-refractivity contribution >= 4 is 29.0 Å². The number of carbonyl (C=O) groups excluding carboxylic acids is 1. The number of nitro groups is 1. The molecule has 10 heteroatoms. The zero-order valence-corrected chi connectivity index (χ0v) is 19.0. The molecule has 2 aromatic heterocycles. The SMILES string of the molecule is Cc1ccc(-n2c(Cc3cccn3C)nnc2SCC(=O)Nc2ccc([N+](=O)[O-])cc2)cc1. The lowest BCUT2D eigenvalue weighted by Gasteiger charge is -2.11. The molecule has 33 heavy (non-hydrogen) atoms. The van der Waals surface area contributed by atoms with Gasteiger partial charge in [0, 0.05) is 48.9 Å². The number of hydrogen-bond donors (Lipinski definition) is 1. The molecule has 0 aliphatic heterocycles. The first kappa shape index (κ1) is 22.3. The van der Waals surface area contributed by atoms with Gasteiger partial charge in [-0.05, 0) is 43.3 Å². The summed E-state index contributed by atoms with van der Waals surface area (Å²) in [5.41, 5.74) is 3.64. The maximum atomic E-state index is 12.5. The number of hydrogen-bond acceptors (Lipinski definition) is 6. The minimum Gasteiger partial charge on any atom is -0.354 e. The fraction of sp³-hybridized carbons (Fsp3) is 0.174. The number of nitro benzene ring substituents is 1. The molecule has 0 aliphatic rings. The highest BCUT2D eigenvalue weighted by Gasteiger charge is 2.17. The molecule has 0 aliphatic carbocycles. The van der Waals surface area contributed by atoms with Gasteiger partial charge in [-0.15, -0.1) is 10.2 Å². The molecule has 0 bridgehead atoms. The number of nitrogens with one attached hydrogen (secondary N) is 1. The normalized spacial score (nSPS) is 10.8. The quantitative estimate of drug-likeness (QED) is 0.239. The molecule has 0 saturated heterocycles. The first-order chi connectivity index (χ1) is 15.9. The molecular weight excluding hydrogens is 440 g/mol. The number of nitrogens with zero attached hydrogens (tertiary/aromatic N) is 5. The predicted molar refractivity (Wildman–Crippen MR) is 127 cm³/mol. The van der Waals surface area contributed by atoms with Gasteiger partial charge in [-0.3, -0.25) is 19.5 Å². The number of rotatable bonds is 8. The number of anilines is 1. The van der Waals surface area contributed by atoms with E-state index in [9.17, 15) is 14.9 Å². The van der Waals surface area contributed by atoms with E-state index in [0.717, 1.165) is 22.8 Å². The average molecular weight is 463 g/mol. The van der Waals surface area contributed by atoms with Crippen molar-refractivity contribution in [3.63, 3.8) is 0 Å². The van der Waals surface area contributed by atoms with Crippen LogP contribution >= 0.6 is 11.8 Å². The highest BCUT2D eigenvalue weighted by atomic mass is 32.2. The first-order valence-electron chi connectivity index (χ1n) is 10.2. The van der Waals surface area contributed by atoms with Crippen molar-refractivity contribution < 1.29 is 9.72 Å². The summed E-state index contributed by atoms with van der Waals surface area (Å²) >= 11 is 1.28. The monoisotopic (exact) mass is 462 g/mol. The fourth-order valence-electron chi connectivity index (χ4n) is 3.30. The summed E-state index contributed by atoms with van der Waals surface area (Å²) in [6.07, 6.45) is 2.58. The van der Waals surface area contributed by atoms with Gasteiger partial charge in [0.25, 0.3) is 5.69 Å². The lowest BCUT2D eigenvalue weighted by Crippen LogP contribution is -2.14. The van der Waals surface area contributed by atoms with E-state index < -0.39 is 4.92 Å². The number of benzene rings is 2. The second-order valence-electron chi connectivity index (χ2n) is 7.50. The van der Waals surface area contributed by atoms with Gasteiger partial charge >= 0.3 is 0 Å². The Hall–Kier alpha value is -3.92. The highest BCUT2D eigenvalue weighted by Crippen LogP contribution is 2.24. The molecule has 9 nitrogen and oxygen atoms in total. The third-order valence-electron chi connectivity index (χ3n) is 5.08. The molecule has 0 fully saturated rings. The van der Waals surface area contributed by atoms with Crippen molar-refractivity contribution in [2.75, 3.05) is 11.1 Å². The number of carbonyl (C=O) groups is 1. The van der Waals surface area contributed by atoms with Crippen LogP contribution in [0.4, 0.5) is 11.4 Å². The van der Waals surface area contributed by atoms with Crippen LogP contribution in [0.2, 0.25) is 0 Å². The maximum Gasteiger partial charge on any atom is 0.269 e. The van der Waals surface area contributed by atoms with Gasteiger partial charge < -0.3 is 9.88 Å². The first-order valence-corrected chi connectivity index (χ1v) is 11.2. The Labute approximate surface area is 194 Å². The Morgan fingerprint density at radius 1 is 1.09 bits per heavy atom. The highest BCUT2D eigenvalue weighted by molar-refractivity contribution is 7.99. The summed E-state index contributed by atoms with van der Waals surface area (Å²) in [5, 5.41) is 22.9. The number of aryl methyl sites for hydroxylation is 2. The molecule has 1 N–H and O–H groups in total. The van der Waals surface area contributed by atoms with E-state index in [-0.39, 0.29) is 17.3 Å². The largest absolute Gasteiger partial charge is 0.354 e. The van der Waals surface area contributed by atoms with E-state index in [4.69, 9.17) is 0 Å². The molecule has 2 heterocycles. The van der Waals surface area contributed by atoms with Crippen molar-refractivity contribution in [3.8, 4) is 5.69 Å². The summed E-state index contributed by atoms with van der Waals surface area (Å²) in [7, 11) is 1.99. The molecule has 0 atom stereocenters. The van der Waals surface area contributed by atoms with Gasteiger partial charge in [-0.1, -0.05) is 29.5 Å². The molecule has 0 spiro atoms. The third-order valence-corrected chi connectivity index (χ3v) is 6.01. The Bertz CT molecular complexity index is 1280. The second-order valence-corrected chi connectivity index (χ2v) is 8.44. The molecule has 0 saturated carbocycles. The molecule has 0 unspecified atom stereocenters. The van der Waals surface area contributed by atoms with Crippen molar-refractivity contribution in [1.82, 2.24) is 19.3 Å². The van der Waals surface area contributed by atoms with Crippen molar-refractivity contribution in [1.29, 1.82) is 0 Å². The second kappa shape index (κ2) is 9.70. The topological polar surface area (TPSA) is 108 Å². The van der Waals surface area contributed by atoms with Gasteiger partial charge in [-0.2, -0.15) is 0 Å². The van der Waals surface area contributed by atoms with E-state index in [1.807, 2.05) is 65.7 Å². The van der Waals surface area contributed by atoms with Crippen LogP contribution in [0.25, 0.3) is 5.69 Å². The minimum absolute atomic E-state index is 0.0284. The van der Waals surface area contributed by atoms with Crippen molar-refractivity contribution in [2.45, 2.75) is 18.5 Å². The van der Waals surface area contributed by atoms with Crippen LogP contribution < -0.4 is 5.32 Å².